The summed E-state index contributed by atoms with van der Waals surface area (Å²) >= 11 is 0. The van der Waals surface area contributed by atoms with Crippen molar-refractivity contribution < 1.29 is 9.59 Å². The Bertz CT molecular complexity index is 260. The number of carbonyl (C=O) groups is 2. The molecule has 0 heterocycles. The van der Waals surface area contributed by atoms with Crippen molar-refractivity contribution in [3.05, 3.63) is 12.7 Å². The molecule has 2 N–H and O–H groups in total. The molecule has 0 atom stereocenters. The smallest absolute Gasteiger partial charge is 0.243 e. The van der Waals surface area contributed by atoms with E-state index in [1.165, 1.54) is 0 Å². The highest BCUT2D eigenvalue weighted by Gasteiger charge is 2.17. The molecule has 92 valence electrons. The van der Waals surface area contributed by atoms with E-state index in [0.717, 1.165) is 18.9 Å². The minimum absolute atomic E-state index is 0.00700. The first kappa shape index (κ1) is 14.7. The molecule has 0 aromatic carbocycles. The molecule has 0 aliphatic heterocycles. The molecule has 0 aromatic heterocycles. The Balaban J connectivity index is 3.80. The third-order valence-corrected chi connectivity index (χ3v) is 2.30. The normalized spacial score (nSPS) is 10.7. The second-order valence-corrected chi connectivity index (χ2v) is 4.61. The van der Waals surface area contributed by atoms with Crippen LogP contribution in [0.3, 0.4) is 0 Å². The van der Waals surface area contributed by atoms with E-state index in [2.05, 4.69) is 38.0 Å². The van der Waals surface area contributed by atoms with E-state index in [1.54, 1.807) is 0 Å². The lowest BCUT2D eigenvalue weighted by Crippen LogP contribution is -2.40. The van der Waals surface area contributed by atoms with Gasteiger partial charge in [0.25, 0.3) is 0 Å². The van der Waals surface area contributed by atoms with E-state index in [9.17, 15) is 9.59 Å². The summed E-state index contributed by atoms with van der Waals surface area (Å²) in [6.07, 6.45) is 3.30. The Kier molecular flexibility index (Phi) is 6.46. The second kappa shape index (κ2) is 7.04. The van der Waals surface area contributed by atoms with Gasteiger partial charge in [-0.05, 0) is 17.9 Å². The van der Waals surface area contributed by atoms with Gasteiger partial charge in [0, 0.05) is 6.54 Å². The maximum atomic E-state index is 11.4. The molecule has 0 aliphatic rings. The number of amides is 2. The molecule has 0 spiro atoms. The van der Waals surface area contributed by atoms with E-state index in [1.807, 2.05) is 0 Å². The number of nitrogens with one attached hydrogen (secondary N) is 2. The number of hydrogen-bond acceptors (Lipinski definition) is 2. The lowest BCUT2D eigenvalue weighted by molar-refractivity contribution is -0.124. The first-order chi connectivity index (χ1) is 7.41. The first-order valence-corrected chi connectivity index (χ1v) is 5.58. The minimum atomic E-state index is -0.331. The van der Waals surface area contributed by atoms with Gasteiger partial charge in [0.2, 0.25) is 11.8 Å². The van der Waals surface area contributed by atoms with Gasteiger partial charge in [0.05, 0.1) is 6.54 Å². The zero-order valence-corrected chi connectivity index (χ0v) is 10.4. The minimum Gasteiger partial charge on any atom is -0.354 e. The number of rotatable bonds is 7. The first-order valence-electron chi connectivity index (χ1n) is 5.58. The Morgan fingerprint density at radius 3 is 2.44 bits per heavy atom. The highest BCUT2D eigenvalue weighted by Crippen LogP contribution is 2.20. The van der Waals surface area contributed by atoms with E-state index in [0.29, 0.717) is 6.54 Å². The number of hydrogen-bond donors (Lipinski definition) is 2. The third kappa shape index (κ3) is 7.04. The summed E-state index contributed by atoms with van der Waals surface area (Å²) in [7, 11) is 0. The Labute approximate surface area is 97.5 Å². The van der Waals surface area contributed by atoms with Crippen molar-refractivity contribution in [2.24, 2.45) is 5.41 Å². The summed E-state index contributed by atoms with van der Waals surface area (Å²) in [5.41, 5.74) is 0.104. The summed E-state index contributed by atoms with van der Waals surface area (Å²) in [5, 5.41) is 5.23. The van der Waals surface area contributed by atoms with Crippen LogP contribution < -0.4 is 10.6 Å². The van der Waals surface area contributed by atoms with Crippen molar-refractivity contribution in [3.63, 3.8) is 0 Å². The predicted molar refractivity (Wildman–Crippen MR) is 64.9 cm³/mol. The molecular formula is C12H22N2O2. The lowest BCUT2D eigenvalue weighted by atomic mass is 9.88. The molecule has 0 aromatic rings. The summed E-state index contributed by atoms with van der Waals surface area (Å²) in [5.74, 6) is -0.498. The summed E-state index contributed by atoms with van der Waals surface area (Å²) < 4.78 is 0. The van der Waals surface area contributed by atoms with Crippen LogP contribution in [0.2, 0.25) is 0 Å². The Hall–Kier alpha value is -1.32. The van der Waals surface area contributed by atoms with Crippen molar-refractivity contribution in [2.75, 3.05) is 13.1 Å². The van der Waals surface area contributed by atoms with Crippen LogP contribution in [-0.2, 0) is 9.59 Å². The van der Waals surface area contributed by atoms with Crippen molar-refractivity contribution in [3.8, 4) is 0 Å². The third-order valence-electron chi connectivity index (χ3n) is 2.30. The molecule has 0 aliphatic carbocycles. The summed E-state index contributed by atoms with van der Waals surface area (Å²) in [4.78, 5) is 22.2. The van der Waals surface area contributed by atoms with E-state index in [-0.39, 0.29) is 23.8 Å². The van der Waals surface area contributed by atoms with Gasteiger partial charge in [0.1, 0.15) is 0 Å². The predicted octanol–water partition coefficient (Wildman–Crippen LogP) is 1.23. The van der Waals surface area contributed by atoms with Gasteiger partial charge in [-0.15, -0.1) is 0 Å². The average molecular weight is 226 g/mol. The zero-order valence-electron chi connectivity index (χ0n) is 10.4. The maximum absolute atomic E-state index is 11.4. The molecule has 0 fully saturated rings. The maximum Gasteiger partial charge on any atom is 0.243 e. The monoisotopic (exact) mass is 226 g/mol. The summed E-state index contributed by atoms with van der Waals surface area (Å²) in [6.45, 7) is 10.3. The molecule has 16 heavy (non-hydrogen) atoms. The fourth-order valence-corrected chi connectivity index (χ4v) is 1.41. The molecule has 0 saturated carbocycles. The van der Waals surface area contributed by atoms with Crippen molar-refractivity contribution in [1.82, 2.24) is 10.6 Å². The highest BCUT2D eigenvalue weighted by atomic mass is 16.2. The van der Waals surface area contributed by atoms with Crippen LogP contribution in [0.15, 0.2) is 12.7 Å². The molecular weight excluding hydrogens is 204 g/mol. The number of carbonyl (C=O) groups excluding carboxylic acids is 2. The molecule has 0 saturated heterocycles. The molecule has 0 bridgehead atoms. The van der Waals surface area contributed by atoms with Crippen LogP contribution in [0.5, 0.6) is 0 Å². The van der Waals surface area contributed by atoms with Gasteiger partial charge >= 0.3 is 0 Å². The lowest BCUT2D eigenvalue weighted by Gasteiger charge is -2.24. The van der Waals surface area contributed by atoms with Gasteiger partial charge < -0.3 is 10.6 Å². The van der Waals surface area contributed by atoms with Crippen molar-refractivity contribution in [1.29, 1.82) is 0 Å². The van der Waals surface area contributed by atoms with E-state index < -0.39 is 0 Å². The van der Waals surface area contributed by atoms with Gasteiger partial charge in [0.15, 0.2) is 0 Å². The summed E-state index contributed by atoms with van der Waals surface area (Å²) in [6, 6.07) is 0. The van der Waals surface area contributed by atoms with Crippen LogP contribution in [-0.4, -0.2) is 24.9 Å². The standard InChI is InChI=1S/C12H22N2O2/c1-5-7-12(3,4)9-14-11(16)8-13-10(15)6-2/h6H,2,5,7-9H2,1,3-4H3,(H,13,15)(H,14,16). The SMILES string of the molecule is C=CC(=O)NCC(=O)NCC(C)(C)CCC. The Morgan fingerprint density at radius 1 is 1.31 bits per heavy atom. The highest BCUT2D eigenvalue weighted by molar-refractivity contribution is 5.90. The van der Waals surface area contributed by atoms with E-state index >= 15 is 0 Å². The quantitative estimate of drug-likeness (QED) is 0.641. The van der Waals surface area contributed by atoms with Gasteiger partial charge in [-0.25, -0.2) is 0 Å². The molecule has 0 radical (unpaired) electrons. The van der Waals surface area contributed by atoms with Crippen LogP contribution in [0.4, 0.5) is 0 Å². The van der Waals surface area contributed by atoms with Crippen LogP contribution in [0.25, 0.3) is 0 Å². The van der Waals surface area contributed by atoms with Crippen molar-refractivity contribution in [2.45, 2.75) is 33.6 Å². The van der Waals surface area contributed by atoms with Gasteiger partial charge in [-0.1, -0.05) is 33.8 Å². The van der Waals surface area contributed by atoms with Crippen LogP contribution in [0.1, 0.15) is 33.6 Å². The Morgan fingerprint density at radius 2 is 1.94 bits per heavy atom. The fourth-order valence-electron chi connectivity index (χ4n) is 1.41. The molecule has 4 nitrogen and oxygen atoms in total. The zero-order chi connectivity index (χ0) is 12.6. The molecule has 0 unspecified atom stereocenters. The van der Waals surface area contributed by atoms with Gasteiger partial charge in [-0.3, -0.25) is 9.59 Å². The largest absolute Gasteiger partial charge is 0.354 e. The molecule has 0 rings (SSSR count). The molecule has 4 heteroatoms. The average Bonchev–Trinajstić information content (AvgIpc) is 2.23. The van der Waals surface area contributed by atoms with Crippen LogP contribution in [0, 0.1) is 5.41 Å². The topological polar surface area (TPSA) is 58.2 Å². The van der Waals surface area contributed by atoms with E-state index in [4.69, 9.17) is 0 Å². The van der Waals surface area contributed by atoms with Crippen molar-refractivity contribution >= 4 is 11.8 Å². The van der Waals surface area contributed by atoms with Crippen LogP contribution >= 0.6 is 0 Å². The van der Waals surface area contributed by atoms with Gasteiger partial charge in [-0.2, -0.15) is 0 Å². The molecule has 2 amide bonds. The second-order valence-electron chi connectivity index (χ2n) is 4.61. The fraction of sp³-hybridized carbons (Fsp3) is 0.667.